The van der Waals surface area contributed by atoms with Crippen molar-refractivity contribution in [1.82, 2.24) is 0 Å². The highest BCUT2D eigenvalue weighted by Crippen LogP contribution is 2.53. The van der Waals surface area contributed by atoms with Gasteiger partial charge in [0, 0.05) is 5.56 Å². The molecule has 0 unspecified atom stereocenters. The molecule has 0 amide bonds. The molecule has 0 aliphatic rings. The molecule has 25 heavy (non-hydrogen) atoms. The van der Waals surface area contributed by atoms with Crippen molar-refractivity contribution in [3.8, 4) is 5.75 Å². The molecule has 3 nitrogen and oxygen atoms in total. The molecule has 0 fully saturated rings. The van der Waals surface area contributed by atoms with Crippen LogP contribution < -0.4 is 4.18 Å². The predicted octanol–water partition coefficient (Wildman–Crippen LogP) is 4.51. The second-order valence-electron chi connectivity index (χ2n) is 4.67. The minimum Gasteiger partial charge on any atom is -0.376 e. The Kier molecular flexibility index (Phi) is 5.04. The second kappa shape index (κ2) is 5.92. The van der Waals surface area contributed by atoms with E-state index in [2.05, 4.69) is 4.18 Å². The van der Waals surface area contributed by atoms with E-state index in [1.54, 1.807) is 0 Å². The molecular formula is C11H6F10O3S. The van der Waals surface area contributed by atoms with Crippen molar-refractivity contribution in [3.05, 3.63) is 29.3 Å². The lowest BCUT2D eigenvalue weighted by atomic mass is 9.92. The quantitative estimate of drug-likeness (QED) is 0.420. The molecule has 0 atom stereocenters. The average molecular weight is 408 g/mol. The fourth-order valence-electron chi connectivity index (χ4n) is 1.66. The smallest absolute Gasteiger partial charge is 0.376 e. The zero-order valence-electron chi connectivity index (χ0n) is 11.6. The molecule has 0 spiro atoms. The molecule has 14 heteroatoms. The van der Waals surface area contributed by atoms with Crippen molar-refractivity contribution >= 4 is 10.1 Å². The number of aryl methyl sites for hydroxylation is 1. The summed E-state index contributed by atoms with van der Waals surface area (Å²) in [5.74, 6) is -1.57. The van der Waals surface area contributed by atoms with Crippen LogP contribution in [0.3, 0.4) is 0 Å². The molecule has 0 N–H and O–H groups in total. The Morgan fingerprint density at radius 1 is 0.800 bits per heavy atom. The summed E-state index contributed by atoms with van der Waals surface area (Å²) < 4.78 is 151. The normalized spacial score (nSPS) is 14.5. The first-order valence-electron chi connectivity index (χ1n) is 5.78. The number of alkyl halides is 10. The Balaban J connectivity index is 3.58. The molecule has 1 aromatic rings. The average Bonchev–Trinajstić information content (AvgIpc) is 2.32. The minimum absolute atomic E-state index is 0.0497. The molecular weight excluding hydrogens is 402 g/mol. The van der Waals surface area contributed by atoms with Gasteiger partial charge in [-0.2, -0.15) is 47.9 Å². The Bertz CT molecular complexity index is 731. The van der Waals surface area contributed by atoms with E-state index in [9.17, 15) is 52.3 Å². The summed E-state index contributed by atoms with van der Waals surface area (Å²) in [6.07, 6.45) is -13.1. The molecule has 0 saturated carbocycles. The first-order valence-corrected chi connectivity index (χ1v) is 7.19. The van der Waals surface area contributed by atoms with E-state index in [1.165, 1.54) is 0 Å². The van der Waals surface area contributed by atoms with Crippen LogP contribution in [0.1, 0.15) is 11.1 Å². The van der Waals surface area contributed by atoms with Crippen LogP contribution >= 0.6 is 0 Å². The Hall–Kier alpha value is -1.73. The maximum atomic E-state index is 13.9. The zero-order valence-corrected chi connectivity index (χ0v) is 12.5. The molecule has 1 rings (SSSR count). The maximum absolute atomic E-state index is 13.9. The van der Waals surface area contributed by atoms with Crippen LogP contribution in [0.25, 0.3) is 0 Å². The van der Waals surface area contributed by atoms with Crippen LogP contribution in [-0.2, 0) is 15.8 Å². The molecule has 1 aromatic carbocycles. The highest BCUT2D eigenvalue weighted by atomic mass is 32.2. The van der Waals surface area contributed by atoms with Crippen LogP contribution in [0.5, 0.6) is 5.75 Å². The van der Waals surface area contributed by atoms with Crippen LogP contribution in [0.4, 0.5) is 43.9 Å². The lowest BCUT2D eigenvalue weighted by molar-refractivity contribution is -0.348. The summed E-state index contributed by atoms with van der Waals surface area (Å²) in [5, 5.41) is 0. The molecule has 0 aromatic heterocycles. The summed E-state index contributed by atoms with van der Waals surface area (Å²) in [6.45, 7) is 0.795. The Morgan fingerprint density at radius 3 is 1.60 bits per heavy atom. The van der Waals surface area contributed by atoms with E-state index in [0.717, 1.165) is 6.92 Å². The number of benzene rings is 1. The van der Waals surface area contributed by atoms with Gasteiger partial charge in [-0.1, -0.05) is 6.07 Å². The van der Waals surface area contributed by atoms with Gasteiger partial charge >= 0.3 is 33.6 Å². The van der Waals surface area contributed by atoms with Gasteiger partial charge in [0.2, 0.25) is 0 Å². The fourth-order valence-corrected chi connectivity index (χ4v) is 2.10. The van der Waals surface area contributed by atoms with Gasteiger partial charge in [0.05, 0.1) is 0 Å². The molecule has 144 valence electrons. The lowest BCUT2D eigenvalue weighted by Gasteiger charge is -2.30. The van der Waals surface area contributed by atoms with E-state index >= 15 is 0 Å². The van der Waals surface area contributed by atoms with Crippen LogP contribution in [-0.4, -0.2) is 26.3 Å². The van der Waals surface area contributed by atoms with E-state index < -0.39 is 56.6 Å². The van der Waals surface area contributed by atoms with Crippen LogP contribution in [0, 0.1) is 6.92 Å². The summed E-state index contributed by atoms with van der Waals surface area (Å²) >= 11 is 0. The van der Waals surface area contributed by atoms with E-state index in [1.807, 2.05) is 0 Å². The largest absolute Gasteiger partial charge is 0.534 e. The molecule has 0 saturated heterocycles. The van der Waals surface area contributed by atoms with Crippen molar-refractivity contribution in [2.75, 3.05) is 0 Å². The molecule has 0 aliphatic carbocycles. The zero-order chi connectivity index (χ0) is 20.1. The summed E-state index contributed by atoms with van der Waals surface area (Å²) in [4.78, 5) is 0. The highest BCUT2D eigenvalue weighted by molar-refractivity contribution is 7.88. The Labute approximate surface area is 133 Å². The third-order valence-corrected chi connectivity index (χ3v) is 3.70. The predicted molar refractivity (Wildman–Crippen MR) is 61.7 cm³/mol. The Morgan fingerprint density at radius 2 is 1.24 bits per heavy atom. The van der Waals surface area contributed by atoms with Gasteiger partial charge in [0.15, 0.2) is 0 Å². The van der Waals surface area contributed by atoms with E-state index in [4.69, 9.17) is 0 Å². The SMILES string of the molecule is Cc1cc(OS(=O)(=O)C(F)(F)F)cc(C(F)(C(F)(F)F)C(F)(F)F)c1. The second-order valence-corrected chi connectivity index (χ2v) is 6.21. The number of hydrogen-bond donors (Lipinski definition) is 0. The van der Waals surface area contributed by atoms with Crippen LogP contribution in [0.2, 0.25) is 0 Å². The monoisotopic (exact) mass is 408 g/mol. The van der Waals surface area contributed by atoms with Gasteiger partial charge in [-0.05, 0) is 24.6 Å². The maximum Gasteiger partial charge on any atom is 0.534 e. The summed E-state index contributed by atoms with van der Waals surface area (Å²) in [7, 11) is -6.39. The van der Waals surface area contributed by atoms with Crippen molar-refractivity contribution < 1.29 is 56.5 Å². The fraction of sp³-hybridized carbons (Fsp3) is 0.455. The molecule has 0 bridgehead atoms. The van der Waals surface area contributed by atoms with E-state index in [0.29, 0.717) is 6.07 Å². The first-order chi connectivity index (χ1) is 10.8. The van der Waals surface area contributed by atoms with Gasteiger partial charge in [-0.25, -0.2) is 4.39 Å². The molecule has 0 aliphatic heterocycles. The minimum atomic E-state index is -6.53. The van der Waals surface area contributed by atoms with Gasteiger partial charge in [0.25, 0.3) is 0 Å². The summed E-state index contributed by atoms with van der Waals surface area (Å²) in [6, 6.07) is 0.0191. The van der Waals surface area contributed by atoms with Gasteiger partial charge < -0.3 is 4.18 Å². The highest BCUT2D eigenvalue weighted by Gasteiger charge is 2.73. The third-order valence-electron chi connectivity index (χ3n) is 2.72. The lowest BCUT2D eigenvalue weighted by Crippen LogP contribution is -2.50. The standard InChI is InChI=1S/C11H6F10O3S/c1-5-2-6(8(12,9(13,14)15)10(16,17)18)4-7(3-5)24-25(22,23)11(19,20)21/h2-4H,1H3. The number of rotatable bonds is 3. The summed E-state index contributed by atoms with van der Waals surface area (Å²) in [5.41, 5.74) is -14.7. The number of halogens is 10. The van der Waals surface area contributed by atoms with Crippen molar-refractivity contribution in [2.45, 2.75) is 30.5 Å². The molecule has 0 heterocycles. The van der Waals surface area contributed by atoms with Gasteiger partial charge in [-0.3, -0.25) is 0 Å². The topological polar surface area (TPSA) is 43.4 Å². The first kappa shape index (κ1) is 21.3. The van der Waals surface area contributed by atoms with Gasteiger partial charge in [-0.15, -0.1) is 0 Å². The van der Waals surface area contributed by atoms with Crippen molar-refractivity contribution in [3.63, 3.8) is 0 Å². The van der Waals surface area contributed by atoms with Crippen molar-refractivity contribution in [1.29, 1.82) is 0 Å². The van der Waals surface area contributed by atoms with E-state index in [-0.39, 0.29) is 6.07 Å². The van der Waals surface area contributed by atoms with Gasteiger partial charge in [0.1, 0.15) is 5.75 Å². The molecule has 0 radical (unpaired) electrons. The van der Waals surface area contributed by atoms with Crippen LogP contribution in [0.15, 0.2) is 18.2 Å². The number of hydrogen-bond acceptors (Lipinski definition) is 3. The van der Waals surface area contributed by atoms with Crippen molar-refractivity contribution in [2.24, 2.45) is 0 Å². The third kappa shape index (κ3) is 3.93.